The summed E-state index contributed by atoms with van der Waals surface area (Å²) in [4.78, 5) is 0. The average molecular weight is 1120 g/mol. The predicted octanol–water partition coefficient (Wildman–Crippen LogP) is 10.3. The lowest BCUT2D eigenvalue weighted by molar-refractivity contribution is -0.372. The van der Waals surface area contributed by atoms with Crippen LogP contribution in [0.3, 0.4) is 0 Å². The van der Waals surface area contributed by atoms with Crippen LogP contribution in [0.5, 0.6) is 0 Å². The van der Waals surface area contributed by atoms with Crippen LogP contribution in [0, 0.1) is 17.8 Å². The normalized spacial score (nSPS) is 33.7. The maximum Gasteiger partial charge on any atom is 0.187 e. The van der Waals surface area contributed by atoms with Crippen molar-refractivity contribution in [3.05, 3.63) is 215 Å². The highest BCUT2D eigenvalue weighted by atomic mass is 16.8. The molecule has 5 heterocycles. The second-order valence-corrected chi connectivity index (χ2v) is 22.4. The highest BCUT2D eigenvalue weighted by Crippen LogP contribution is 2.47. The zero-order valence-corrected chi connectivity index (χ0v) is 47.2. The Morgan fingerprint density at radius 1 is 0.451 bits per heavy atom. The zero-order valence-electron chi connectivity index (χ0n) is 47.2. The largest absolute Gasteiger partial charge is 0.374 e. The lowest BCUT2D eigenvalue weighted by Gasteiger charge is -2.50. The Kier molecular flexibility index (Phi) is 20.0. The zero-order chi connectivity index (χ0) is 56.3. The van der Waals surface area contributed by atoms with E-state index in [1.54, 1.807) is 0 Å². The Hall–Kier alpha value is -5.28. The Labute approximate surface area is 481 Å². The predicted molar refractivity (Wildman–Crippen MR) is 302 cm³/mol. The van der Waals surface area contributed by atoms with E-state index >= 15 is 0 Å². The Morgan fingerprint density at radius 2 is 0.939 bits per heavy atom. The van der Waals surface area contributed by atoms with Gasteiger partial charge in [-0.2, -0.15) is 0 Å². The van der Waals surface area contributed by atoms with Gasteiger partial charge in [-0.3, -0.25) is 0 Å². The minimum absolute atomic E-state index is 0.170. The molecule has 5 aliphatic rings. The van der Waals surface area contributed by atoms with Crippen molar-refractivity contribution in [2.45, 2.75) is 153 Å². The van der Waals surface area contributed by atoms with Crippen LogP contribution < -0.4 is 0 Å². The first-order valence-electron chi connectivity index (χ1n) is 28.9. The van der Waals surface area contributed by atoms with E-state index in [1.165, 1.54) is 0 Å². The maximum absolute atomic E-state index is 11.6. The van der Waals surface area contributed by atoms with Crippen LogP contribution in [0.4, 0.5) is 0 Å². The molecule has 5 fully saturated rings. The summed E-state index contributed by atoms with van der Waals surface area (Å²) in [5.74, 6) is -1.19. The van der Waals surface area contributed by atoms with Gasteiger partial charge in [0, 0.05) is 23.3 Å². The molecule has 6 aromatic rings. The van der Waals surface area contributed by atoms with Gasteiger partial charge >= 0.3 is 0 Å². The fraction of sp³-hybridized carbons (Fsp3) is 0.463. The number of hydrogen-bond acceptors (Lipinski definition) is 15. The van der Waals surface area contributed by atoms with E-state index in [9.17, 15) is 5.11 Å². The van der Waals surface area contributed by atoms with Crippen molar-refractivity contribution in [3.8, 4) is 0 Å². The van der Waals surface area contributed by atoms with Crippen molar-refractivity contribution < 1.29 is 71.4 Å². The first-order valence-corrected chi connectivity index (χ1v) is 28.9. The molecule has 82 heavy (non-hydrogen) atoms. The Morgan fingerprint density at radius 3 is 1.51 bits per heavy atom. The molecule has 0 bridgehead atoms. The van der Waals surface area contributed by atoms with Gasteiger partial charge < -0.3 is 71.4 Å². The van der Waals surface area contributed by atoms with E-state index in [-0.39, 0.29) is 39.0 Å². The Balaban J connectivity index is 0.860. The van der Waals surface area contributed by atoms with E-state index < -0.39 is 104 Å². The van der Waals surface area contributed by atoms with Crippen molar-refractivity contribution in [3.63, 3.8) is 0 Å². The molecular formula is C67H78O15. The van der Waals surface area contributed by atoms with Crippen LogP contribution in [0.15, 0.2) is 182 Å². The van der Waals surface area contributed by atoms with E-state index in [0.29, 0.717) is 26.4 Å². The standard InChI is InChI=1S/C67H78O15/c1-44-35-74-65(60(73-40-52-31-19-9-20-32-52)55(44)78-66-61-67(43-75-66,42-70-37-49-25-13-6-14-26-49)82-64(81-61)53-33-21-10-22-34-53)80-58-47(4)76-62(68)45(2)57(58)79-63-46(3)56(71-38-50-27-15-7-16-28-50)59(72-39-51-29-17-8-18-30-51)54(77-63)41-69-36-48-23-11-5-12-24-48/h5-34,44-47,54-66,68H,35-43H2,1-4H3/t44-,45+,46-,47?,54?,55-,56?,57?,58+,59-,60?,61?,62?,63+,64+,65+,66+,67+/m1/s1. The quantitative estimate of drug-likeness (QED) is 0.0612. The van der Waals surface area contributed by atoms with Crippen molar-refractivity contribution in [1.82, 2.24) is 0 Å². The van der Waals surface area contributed by atoms with Gasteiger partial charge in [0.1, 0.15) is 36.1 Å². The number of aliphatic hydroxyl groups is 1. The highest BCUT2D eigenvalue weighted by molar-refractivity contribution is 5.20. The fourth-order valence-corrected chi connectivity index (χ4v) is 11.6. The summed E-state index contributed by atoms with van der Waals surface area (Å²) in [6.07, 6.45) is -10.7. The SMILES string of the molecule is CC1OC(O)[C@@H](C)C(O[C@@H]2OC(COCc3ccccc3)[C@@H](OCc3ccccc3)C(OCc3ccccc3)[C@H]2C)[C@H]1O[C@@H]1OC[C@@H](C)[C@@H](O[C@@H]2OC[C@]3(COCc4ccccc4)O[C@@H](c4ccccc4)OC23)C1OCc1ccccc1. The lowest BCUT2D eigenvalue weighted by Crippen LogP contribution is -2.63. The molecule has 15 nitrogen and oxygen atoms in total. The van der Waals surface area contributed by atoms with E-state index in [2.05, 4.69) is 13.8 Å². The van der Waals surface area contributed by atoms with Crippen molar-refractivity contribution in [2.24, 2.45) is 17.8 Å². The summed E-state index contributed by atoms with van der Waals surface area (Å²) in [6, 6.07) is 60.0. The van der Waals surface area contributed by atoms with Crippen LogP contribution >= 0.6 is 0 Å². The third kappa shape index (κ3) is 14.3. The van der Waals surface area contributed by atoms with E-state index in [0.717, 1.165) is 33.4 Å². The molecule has 15 heteroatoms. The van der Waals surface area contributed by atoms with Crippen LogP contribution in [0.2, 0.25) is 0 Å². The molecule has 0 spiro atoms. The molecule has 1 N–H and O–H groups in total. The Bertz CT molecular complexity index is 2810. The molecule has 0 radical (unpaired) electrons. The third-order valence-corrected chi connectivity index (χ3v) is 16.3. The molecule has 18 atom stereocenters. The smallest absolute Gasteiger partial charge is 0.187 e. The fourth-order valence-electron chi connectivity index (χ4n) is 11.6. The van der Waals surface area contributed by atoms with Crippen molar-refractivity contribution in [1.29, 1.82) is 0 Å². The summed E-state index contributed by atoms with van der Waals surface area (Å²) >= 11 is 0. The van der Waals surface area contributed by atoms with Gasteiger partial charge in [-0.05, 0) is 34.7 Å². The minimum atomic E-state index is -1.19. The lowest BCUT2D eigenvalue weighted by atomic mass is 9.89. The number of ether oxygens (including phenoxy) is 14. The summed E-state index contributed by atoms with van der Waals surface area (Å²) in [6.45, 7) is 10.3. The summed E-state index contributed by atoms with van der Waals surface area (Å²) < 4.78 is 95.4. The first kappa shape index (κ1) is 58.5. The van der Waals surface area contributed by atoms with Gasteiger partial charge in [0.2, 0.25) is 0 Å². The van der Waals surface area contributed by atoms with Crippen LogP contribution in [-0.2, 0) is 99.4 Å². The molecule has 0 aliphatic carbocycles. The van der Waals surface area contributed by atoms with Gasteiger partial charge in [0.05, 0.1) is 83.9 Å². The molecule has 5 saturated heterocycles. The molecule has 0 amide bonds. The molecule has 0 saturated carbocycles. The van der Waals surface area contributed by atoms with Crippen LogP contribution in [0.25, 0.3) is 0 Å². The van der Waals surface area contributed by atoms with Crippen molar-refractivity contribution in [2.75, 3.05) is 26.4 Å². The topological polar surface area (TPSA) is 149 Å². The number of fused-ring (bicyclic) bond motifs is 1. The summed E-state index contributed by atoms with van der Waals surface area (Å²) in [7, 11) is 0. The van der Waals surface area contributed by atoms with Gasteiger partial charge in [-0.1, -0.05) is 203 Å². The molecule has 6 aromatic carbocycles. The maximum atomic E-state index is 11.6. The summed E-state index contributed by atoms with van der Waals surface area (Å²) in [5, 5.41) is 11.6. The first-order chi connectivity index (χ1) is 40.2. The molecule has 7 unspecified atom stereocenters. The number of aliphatic hydroxyl groups excluding tert-OH is 1. The van der Waals surface area contributed by atoms with E-state index in [1.807, 2.05) is 196 Å². The second kappa shape index (κ2) is 28.1. The van der Waals surface area contributed by atoms with Crippen molar-refractivity contribution >= 4 is 0 Å². The van der Waals surface area contributed by atoms with E-state index in [4.69, 9.17) is 66.3 Å². The van der Waals surface area contributed by atoms with Gasteiger partial charge in [-0.25, -0.2) is 0 Å². The van der Waals surface area contributed by atoms with Gasteiger partial charge in [0.15, 0.2) is 31.5 Å². The second-order valence-electron chi connectivity index (χ2n) is 22.4. The highest BCUT2D eigenvalue weighted by Gasteiger charge is 2.61. The number of rotatable bonds is 24. The average Bonchev–Trinajstić information content (AvgIpc) is 3.77. The molecule has 5 aliphatic heterocycles. The molecular weight excluding hydrogens is 1040 g/mol. The van der Waals surface area contributed by atoms with Crippen LogP contribution in [-0.4, -0.2) is 117 Å². The summed E-state index contributed by atoms with van der Waals surface area (Å²) in [5.41, 5.74) is 4.95. The monoisotopic (exact) mass is 1120 g/mol. The third-order valence-electron chi connectivity index (χ3n) is 16.3. The van der Waals surface area contributed by atoms with Crippen LogP contribution in [0.1, 0.15) is 67.4 Å². The number of hydrogen-bond donors (Lipinski definition) is 1. The van der Waals surface area contributed by atoms with Gasteiger partial charge in [-0.15, -0.1) is 0 Å². The molecule has 11 rings (SSSR count). The number of benzene rings is 6. The molecule has 436 valence electrons. The van der Waals surface area contributed by atoms with Gasteiger partial charge in [0.25, 0.3) is 0 Å². The minimum Gasteiger partial charge on any atom is -0.374 e. The molecule has 0 aromatic heterocycles.